The predicted octanol–water partition coefficient (Wildman–Crippen LogP) is 2.96. The highest BCUT2D eigenvalue weighted by Crippen LogP contribution is 2.24. The van der Waals surface area contributed by atoms with E-state index >= 15 is 0 Å². The lowest BCUT2D eigenvalue weighted by atomic mass is 9.96. The van der Waals surface area contributed by atoms with Crippen LogP contribution in [-0.4, -0.2) is 28.9 Å². The molecule has 1 rings (SSSR count). The number of rotatable bonds is 6. The second-order valence-corrected chi connectivity index (χ2v) is 6.25. The van der Waals surface area contributed by atoms with Gasteiger partial charge >= 0.3 is 12.1 Å². The third-order valence-electron chi connectivity index (χ3n) is 3.82. The van der Waals surface area contributed by atoms with Crippen LogP contribution < -0.4 is 10.5 Å². The first-order valence-corrected chi connectivity index (χ1v) is 7.55. The molecule has 0 aromatic heterocycles. The Morgan fingerprint density at radius 3 is 2.22 bits per heavy atom. The molecule has 0 bridgehead atoms. The summed E-state index contributed by atoms with van der Waals surface area (Å²) in [4.78, 5) is 22.7. The highest BCUT2D eigenvalue weighted by atomic mass is 16.7. The lowest BCUT2D eigenvalue weighted by Crippen LogP contribution is -2.32. The minimum Gasteiger partial charge on any atom is -0.480 e. The molecule has 0 aliphatic carbocycles. The Bertz CT molecular complexity index is 572. The van der Waals surface area contributed by atoms with Gasteiger partial charge in [-0.25, -0.2) is 4.79 Å². The van der Waals surface area contributed by atoms with Crippen molar-refractivity contribution >= 4 is 12.1 Å². The summed E-state index contributed by atoms with van der Waals surface area (Å²) < 4.78 is 10.5. The highest BCUT2D eigenvalue weighted by molar-refractivity contribution is 5.73. The third-order valence-corrected chi connectivity index (χ3v) is 3.82. The summed E-state index contributed by atoms with van der Waals surface area (Å²) >= 11 is 0. The van der Waals surface area contributed by atoms with Crippen molar-refractivity contribution in [1.82, 2.24) is 0 Å². The molecule has 1 unspecified atom stereocenters. The van der Waals surface area contributed by atoms with Crippen LogP contribution in [0.4, 0.5) is 4.79 Å². The minimum atomic E-state index is -1.05. The van der Waals surface area contributed by atoms with Gasteiger partial charge in [-0.05, 0) is 69.4 Å². The molecule has 0 saturated heterocycles. The van der Waals surface area contributed by atoms with Crippen molar-refractivity contribution in [1.29, 1.82) is 0 Å². The van der Waals surface area contributed by atoms with E-state index in [0.29, 0.717) is 12.2 Å². The van der Waals surface area contributed by atoms with E-state index < -0.39 is 23.8 Å². The second kappa shape index (κ2) is 7.46. The Labute approximate surface area is 136 Å². The zero-order valence-corrected chi connectivity index (χ0v) is 14.3. The van der Waals surface area contributed by atoms with Gasteiger partial charge in [-0.2, -0.15) is 0 Å². The van der Waals surface area contributed by atoms with Gasteiger partial charge in [0, 0.05) is 0 Å². The quantitative estimate of drug-likeness (QED) is 0.617. The molecule has 0 aliphatic heterocycles. The third kappa shape index (κ3) is 5.56. The SMILES string of the molecule is CCC(C)(C)OC(=O)Oc1cc(C)c(CC(N)C(=O)O)c(C)c1. The average Bonchev–Trinajstić information content (AvgIpc) is 2.41. The van der Waals surface area contributed by atoms with Gasteiger partial charge in [0.2, 0.25) is 0 Å². The molecule has 0 heterocycles. The van der Waals surface area contributed by atoms with Crippen LogP contribution in [0, 0.1) is 13.8 Å². The normalized spacial score (nSPS) is 12.6. The largest absolute Gasteiger partial charge is 0.514 e. The number of carbonyl (C=O) groups is 2. The zero-order valence-electron chi connectivity index (χ0n) is 14.3. The monoisotopic (exact) mass is 323 g/mol. The zero-order chi connectivity index (χ0) is 17.8. The molecular formula is C17H25NO5. The van der Waals surface area contributed by atoms with E-state index in [1.165, 1.54) is 0 Å². The van der Waals surface area contributed by atoms with E-state index in [1.807, 2.05) is 20.8 Å². The first-order chi connectivity index (χ1) is 10.6. The standard InChI is InChI=1S/C17H25NO5/c1-6-17(4,5)23-16(21)22-12-7-10(2)13(11(3)8-12)9-14(18)15(19)20/h7-8,14H,6,9,18H2,1-5H3,(H,19,20). The average molecular weight is 323 g/mol. The summed E-state index contributed by atoms with van der Waals surface area (Å²) in [5.74, 6) is -0.681. The van der Waals surface area contributed by atoms with Crippen LogP contribution in [0.3, 0.4) is 0 Å². The summed E-state index contributed by atoms with van der Waals surface area (Å²) in [5, 5.41) is 8.92. The fourth-order valence-corrected chi connectivity index (χ4v) is 2.06. The molecule has 128 valence electrons. The van der Waals surface area contributed by atoms with Crippen LogP contribution in [0.25, 0.3) is 0 Å². The van der Waals surface area contributed by atoms with Crippen molar-refractivity contribution in [2.24, 2.45) is 5.73 Å². The first-order valence-electron chi connectivity index (χ1n) is 7.55. The molecule has 0 spiro atoms. The second-order valence-electron chi connectivity index (χ2n) is 6.25. The number of hydrogen-bond acceptors (Lipinski definition) is 5. The van der Waals surface area contributed by atoms with E-state index in [0.717, 1.165) is 16.7 Å². The van der Waals surface area contributed by atoms with E-state index in [-0.39, 0.29) is 6.42 Å². The number of carboxylic acids is 1. The number of carboxylic acid groups (broad SMARTS) is 1. The molecule has 0 radical (unpaired) electrons. The van der Waals surface area contributed by atoms with E-state index in [1.54, 1.807) is 26.0 Å². The van der Waals surface area contributed by atoms with Gasteiger partial charge in [0.15, 0.2) is 0 Å². The first kappa shape index (κ1) is 19.0. The number of hydrogen-bond donors (Lipinski definition) is 2. The molecule has 6 heteroatoms. The summed E-state index contributed by atoms with van der Waals surface area (Å²) in [7, 11) is 0. The van der Waals surface area contributed by atoms with E-state index in [2.05, 4.69) is 0 Å². The molecule has 23 heavy (non-hydrogen) atoms. The lowest BCUT2D eigenvalue weighted by molar-refractivity contribution is -0.138. The van der Waals surface area contributed by atoms with Gasteiger partial charge in [-0.15, -0.1) is 0 Å². The minimum absolute atomic E-state index is 0.223. The molecular weight excluding hydrogens is 298 g/mol. The van der Waals surface area contributed by atoms with Crippen LogP contribution in [0.1, 0.15) is 43.9 Å². The molecule has 1 aromatic rings. The van der Waals surface area contributed by atoms with Crippen LogP contribution in [0.2, 0.25) is 0 Å². The van der Waals surface area contributed by atoms with Crippen molar-refractivity contribution in [3.05, 3.63) is 28.8 Å². The van der Waals surface area contributed by atoms with Crippen molar-refractivity contribution in [2.45, 2.75) is 59.1 Å². The number of aryl methyl sites for hydroxylation is 2. The Balaban J connectivity index is 2.88. The molecule has 1 aromatic carbocycles. The topological polar surface area (TPSA) is 98.9 Å². The Hall–Kier alpha value is -2.08. The number of nitrogens with two attached hydrogens (primary N) is 1. The van der Waals surface area contributed by atoms with Gasteiger partial charge < -0.3 is 20.3 Å². The fraction of sp³-hybridized carbons (Fsp3) is 0.529. The summed E-state index contributed by atoms with van der Waals surface area (Å²) in [5.41, 5.74) is 7.48. The van der Waals surface area contributed by atoms with Gasteiger partial charge in [-0.3, -0.25) is 4.79 Å². The van der Waals surface area contributed by atoms with Crippen molar-refractivity contribution in [3.8, 4) is 5.75 Å². The van der Waals surface area contributed by atoms with Crippen LogP contribution in [0.15, 0.2) is 12.1 Å². The van der Waals surface area contributed by atoms with Gasteiger partial charge in [0.1, 0.15) is 17.4 Å². The molecule has 6 nitrogen and oxygen atoms in total. The summed E-state index contributed by atoms with van der Waals surface area (Å²) in [6.45, 7) is 9.18. The molecule has 0 aliphatic rings. The van der Waals surface area contributed by atoms with Gasteiger partial charge in [0.05, 0.1) is 0 Å². The Kier molecular flexibility index (Phi) is 6.15. The fourth-order valence-electron chi connectivity index (χ4n) is 2.06. The summed E-state index contributed by atoms with van der Waals surface area (Å²) in [6, 6.07) is 2.39. The predicted molar refractivity (Wildman–Crippen MR) is 86.7 cm³/mol. The van der Waals surface area contributed by atoms with Gasteiger partial charge in [-0.1, -0.05) is 6.92 Å². The van der Waals surface area contributed by atoms with Gasteiger partial charge in [0.25, 0.3) is 0 Å². The number of benzene rings is 1. The molecule has 1 atom stereocenters. The molecule has 0 saturated carbocycles. The van der Waals surface area contributed by atoms with Crippen molar-refractivity contribution < 1.29 is 24.2 Å². The maximum absolute atomic E-state index is 11.8. The highest BCUT2D eigenvalue weighted by Gasteiger charge is 2.22. The molecule has 0 fully saturated rings. The number of ether oxygens (including phenoxy) is 2. The Morgan fingerprint density at radius 2 is 1.78 bits per heavy atom. The van der Waals surface area contributed by atoms with Crippen LogP contribution in [-0.2, 0) is 16.0 Å². The molecule has 0 amide bonds. The van der Waals surface area contributed by atoms with E-state index in [4.69, 9.17) is 20.3 Å². The van der Waals surface area contributed by atoms with Crippen molar-refractivity contribution in [2.75, 3.05) is 0 Å². The smallest absolute Gasteiger partial charge is 0.480 e. The van der Waals surface area contributed by atoms with E-state index in [9.17, 15) is 9.59 Å². The Morgan fingerprint density at radius 1 is 1.26 bits per heavy atom. The lowest BCUT2D eigenvalue weighted by Gasteiger charge is -2.22. The summed E-state index contributed by atoms with van der Waals surface area (Å²) in [6.07, 6.45) is 0.137. The maximum atomic E-state index is 11.8. The molecule has 3 N–H and O–H groups in total. The van der Waals surface area contributed by atoms with Crippen LogP contribution in [0.5, 0.6) is 5.75 Å². The van der Waals surface area contributed by atoms with Crippen molar-refractivity contribution in [3.63, 3.8) is 0 Å². The number of aliphatic carboxylic acids is 1. The number of carbonyl (C=O) groups excluding carboxylic acids is 1. The van der Waals surface area contributed by atoms with Crippen LogP contribution >= 0.6 is 0 Å². The maximum Gasteiger partial charge on any atom is 0.514 e.